The van der Waals surface area contributed by atoms with Crippen molar-refractivity contribution in [1.82, 2.24) is 9.13 Å². The van der Waals surface area contributed by atoms with Crippen molar-refractivity contribution >= 4 is 54.3 Å². The Morgan fingerprint density at radius 1 is 0.361 bits per heavy atom. The minimum absolute atomic E-state index is 1.18. The zero-order valence-corrected chi connectivity index (χ0v) is 19.6. The highest BCUT2D eigenvalue weighted by atomic mass is 15.0. The molecule has 0 amide bonds. The van der Waals surface area contributed by atoms with Gasteiger partial charge in [-0.2, -0.15) is 0 Å². The number of para-hydroxylation sites is 2. The fraction of sp³-hybridized carbons (Fsp3) is 0. The summed E-state index contributed by atoms with van der Waals surface area (Å²) in [5, 5.41) is 8.90. The second kappa shape index (κ2) is 7.34. The van der Waals surface area contributed by atoms with Crippen molar-refractivity contribution in [3.05, 3.63) is 134 Å². The molecule has 0 saturated carbocycles. The Morgan fingerprint density at radius 2 is 1.11 bits per heavy atom. The van der Waals surface area contributed by atoms with E-state index in [2.05, 4.69) is 143 Å². The van der Waals surface area contributed by atoms with Gasteiger partial charge in [0.25, 0.3) is 0 Å². The van der Waals surface area contributed by atoms with Gasteiger partial charge in [0, 0.05) is 33.7 Å². The van der Waals surface area contributed by atoms with Crippen LogP contribution in [0.1, 0.15) is 0 Å². The Morgan fingerprint density at radius 3 is 2.03 bits per heavy atom. The third-order valence-corrected chi connectivity index (χ3v) is 7.51. The van der Waals surface area contributed by atoms with Crippen LogP contribution in [0.2, 0.25) is 0 Å². The molecule has 0 radical (unpaired) electrons. The van der Waals surface area contributed by atoms with Gasteiger partial charge in [0.1, 0.15) is 0 Å². The molecule has 8 aromatic rings. The molecule has 0 fully saturated rings. The average Bonchev–Trinajstić information content (AvgIpc) is 3.51. The Bertz CT molecular complexity index is 2090. The molecule has 0 aliphatic heterocycles. The molecule has 6 aromatic carbocycles. The third-order valence-electron chi connectivity index (χ3n) is 7.51. The number of rotatable bonds is 2. The number of aromatic nitrogens is 2. The first-order chi connectivity index (χ1) is 17.8. The molecule has 0 aliphatic carbocycles. The van der Waals surface area contributed by atoms with Gasteiger partial charge in [0.2, 0.25) is 0 Å². The van der Waals surface area contributed by atoms with E-state index in [1.807, 2.05) is 0 Å². The molecule has 0 saturated heterocycles. The highest BCUT2D eigenvalue weighted by molar-refractivity contribution is 6.18. The maximum absolute atomic E-state index is 2.42. The van der Waals surface area contributed by atoms with Crippen LogP contribution < -0.4 is 0 Å². The summed E-state index contributed by atoms with van der Waals surface area (Å²) in [6.07, 6.45) is 2.18. The van der Waals surface area contributed by atoms with E-state index < -0.39 is 0 Å². The van der Waals surface area contributed by atoms with Crippen LogP contribution in [0.15, 0.2) is 134 Å². The monoisotopic (exact) mass is 458 g/mol. The summed E-state index contributed by atoms with van der Waals surface area (Å²) in [4.78, 5) is 0. The highest BCUT2D eigenvalue weighted by Gasteiger charge is 2.15. The molecular formula is C34H22N2. The fourth-order valence-electron chi connectivity index (χ4n) is 5.82. The second-order valence-corrected chi connectivity index (χ2v) is 9.49. The number of hydrogen-bond acceptors (Lipinski definition) is 0. The van der Waals surface area contributed by atoms with Crippen molar-refractivity contribution in [1.29, 1.82) is 0 Å². The smallest absolute Gasteiger partial charge is 0.0547 e. The second-order valence-electron chi connectivity index (χ2n) is 9.49. The van der Waals surface area contributed by atoms with Gasteiger partial charge in [0.15, 0.2) is 0 Å². The van der Waals surface area contributed by atoms with Crippen molar-refractivity contribution in [2.45, 2.75) is 0 Å². The largest absolute Gasteiger partial charge is 0.317 e. The van der Waals surface area contributed by atoms with Gasteiger partial charge in [0.05, 0.1) is 16.6 Å². The minimum atomic E-state index is 1.18. The summed E-state index contributed by atoms with van der Waals surface area (Å²) >= 11 is 0. The first-order valence-electron chi connectivity index (χ1n) is 12.4. The van der Waals surface area contributed by atoms with Crippen molar-refractivity contribution in [3.63, 3.8) is 0 Å². The summed E-state index contributed by atoms with van der Waals surface area (Å²) in [7, 11) is 0. The van der Waals surface area contributed by atoms with E-state index >= 15 is 0 Å². The molecule has 0 unspecified atom stereocenters. The first-order valence-corrected chi connectivity index (χ1v) is 12.4. The summed E-state index contributed by atoms with van der Waals surface area (Å²) < 4.78 is 4.70. The topological polar surface area (TPSA) is 9.86 Å². The number of hydrogen-bond donors (Lipinski definition) is 0. The lowest BCUT2D eigenvalue weighted by Gasteiger charge is -2.10. The van der Waals surface area contributed by atoms with E-state index in [0.717, 1.165) is 0 Å². The zero-order chi connectivity index (χ0) is 23.6. The van der Waals surface area contributed by atoms with Crippen molar-refractivity contribution in [2.24, 2.45) is 0 Å². The van der Waals surface area contributed by atoms with Gasteiger partial charge in [-0.1, -0.05) is 72.8 Å². The number of fused-ring (bicyclic) bond motifs is 7. The lowest BCUT2D eigenvalue weighted by atomic mass is 10.0. The molecule has 2 nitrogen and oxygen atoms in total. The Balaban J connectivity index is 1.47. The predicted molar refractivity (Wildman–Crippen MR) is 153 cm³/mol. The summed E-state index contributed by atoms with van der Waals surface area (Å²) in [6.45, 7) is 0. The van der Waals surface area contributed by atoms with E-state index in [-0.39, 0.29) is 0 Å². The van der Waals surface area contributed by atoms with Crippen molar-refractivity contribution in [3.8, 4) is 11.4 Å². The Kier molecular flexibility index (Phi) is 3.97. The SMILES string of the molecule is c1ccc(-n2ccc3c4cc5c(cc4ccc32)c2ccccc2n5-c2ccc3ccccc3c2)cc1. The standard InChI is InChI=1S/C34H22N2/c1-2-10-26(11-3-1)35-19-18-29-30-22-34-31(21-25(30)15-17-32(29)35)28-12-6-7-13-33(28)36(34)27-16-14-23-8-4-5-9-24(23)20-27/h1-22H. The van der Waals surface area contributed by atoms with Gasteiger partial charge in [-0.15, -0.1) is 0 Å². The average molecular weight is 459 g/mol. The highest BCUT2D eigenvalue weighted by Crippen LogP contribution is 2.38. The van der Waals surface area contributed by atoms with Gasteiger partial charge >= 0.3 is 0 Å². The van der Waals surface area contributed by atoms with Crippen LogP contribution in [0, 0.1) is 0 Å². The van der Waals surface area contributed by atoms with Crippen LogP contribution in [-0.2, 0) is 0 Å². The van der Waals surface area contributed by atoms with Gasteiger partial charge < -0.3 is 9.13 Å². The molecule has 8 rings (SSSR count). The lowest BCUT2D eigenvalue weighted by Crippen LogP contribution is -1.94. The van der Waals surface area contributed by atoms with Crippen LogP contribution >= 0.6 is 0 Å². The van der Waals surface area contributed by atoms with Gasteiger partial charge in [-0.3, -0.25) is 0 Å². The molecule has 0 bridgehead atoms. The van der Waals surface area contributed by atoms with E-state index in [1.54, 1.807) is 0 Å². The van der Waals surface area contributed by atoms with Crippen LogP contribution in [-0.4, -0.2) is 9.13 Å². The van der Waals surface area contributed by atoms with E-state index in [1.165, 1.54) is 65.6 Å². The number of benzene rings is 6. The molecule has 0 spiro atoms. The lowest BCUT2D eigenvalue weighted by molar-refractivity contribution is 1.13. The predicted octanol–water partition coefficient (Wildman–Crippen LogP) is 9.03. The van der Waals surface area contributed by atoms with E-state index in [9.17, 15) is 0 Å². The molecule has 2 heterocycles. The Labute approximate surface area is 208 Å². The fourth-order valence-corrected chi connectivity index (χ4v) is 5.82. The van der Waals surface area contributed by atoms with Crippen LogP contribution in [0.5, 0.6) is 0 Å². The molecule has 168 valence electrons. The summed E-state index contributed by atoms with van der Waals surface area (Å²) in [6, 6.07) is 46.2. The maximum Gasteiger partial charge on any atom is 0.0547 e. The van der Waals surface area contributed by atoms with E-state index in [4.69, 9.17) is 0 Å². The van der Waals surface area contributed by atoms with Gasteiger partial charge in [-0.25, -0.2) is 0 Å². The van der Waals surface area contributed by atoms with Crippen LogP contribution in [0.4, 0.5) is 0 Å². The molecule has 0 aliphatic rings. The zero-order valence-electron chi connectivity index (χ0n) is 19.6. The van der Waals surface area contributed by atoms with Gasteiger partial charge in [-0.05, 0) is 76.1 Å². The third kappa shape index (κ3) is 2.73. The van der Waals surface area contributed by atoms with E-state index in [0.29, 0.717) is 0 Å². The van der Waals surface area contributed by atoms with Crippen LogP contribution in [0.25, 0.3) is 65.6 Å². The Hall–Kier alpha value is -4.82. The maximum atomic E-state index is 2.42. The molecule has 2 heteroatoms. The summed E-state index contributed by atoms with van der Waals surface area (Å²) in [5.41, 5.74) is 6.06. The van der Waals surface area contributed by atoms with Crippen molar-refractivity contribution < 1.29 is 0 Å². The number of nitrogens with zero attached hydrogens (tertiary/aromatic N) is 2. The first kappa shape index (κ1) is 19.5. The quantitative estimate of drug-likeness (QED) is 0.244. The molecule has 2 aromatic heterocycles. The minimum Gasteiger partial charge on any atom is -0.317 e. The van der Waals surface area contributed by atoms with Crippen molar-refractivity contribution in [2.75, 3.05) is 0 Å². The normalized spacial score (nSPS) is 11.9. The molecular weight excluding hydrogens is 436 g/mol. The summed E-state index contributed by atoms with van der Waals surface area (Å²) in [5.74, 6) is 0. The van der Waals surface area contributed by atoms with Crippen LogP contribution in [0.3, 0.4) is 0 Å². The molecule has 36 heavy (non-hydrogen) atoms. The molecule has 0 N–H and O–H groups in total. The molecule has 0 atom stereocenters.